The van der Waals surface area contributed by atoms with Gasteiger partial charge in [-0.2, -0.15) is 0 Å². The molecule has 38 heavy (non-hydrogen) atoms. The lowest BCUT2D eigenvalue weighted by atomic mass is 9.99. The minimum absolute atomic E-state index is 0.0662. The van der Waals surface area contributed by atoms with E-state index in [2.05, 4.69) is 58.3 Å². The summed E-state index contributed by atoms with van der Waals surface area (Å²) in [6, 6.07) is 15.6. The number of nitrogens with one attached hydrogen (secondary N) is 1. The molecular weight excluding hydrogens is 480 g/mol. The van der Waals surface area contributed by atoms with Gasteiger partial charge in [0.25, 0.3) is 5.56 Å². The van der Waals surface area contributed by atoms with Crippen molar-refractivity contribution in [3.63, 3.8) is 0 Å². The first-order valence-corrected chi connectivity index (χ1v) is 13.1. The van der Waals surface area contributed by atoms with E-state index in [1.807, 2.05) is 48.0 Å². The lowest BCUT2D eigenvalue weighted by Crippen LogP contribution is -2.40. The Bertz CT molecular complexity index is 1450. The van der Waals surface area contributed by atoms with Gasteiger partial charge in [-0.3, -0.25) is 9.69 Å². The van der Waals surface area contributed by atoms with Crippen molar-refractivity contribution in [1.29, 1.82) is 0 Å². The van der Waals surface area contributed by atoms with E-state index in [1.165, 1.54) is 0 Å². The van der Waals surface area contributed by atoms with Gasteiger partial charge in [0.2, 0.25) is 0 Å². The van der Waals surface area contributed by atoms with Gasteiger partial charge in [0.05, 0.1) is 24.3 Å². The van der Waals surface area contributed by atoms with Gasteiger partial charge >= 0.3 is 0 Å². The van der Waals surface area contributed by atoms with Gasteiger partial charge < -0.3 is 14.5 Å². The Hall–Kier alpha value is -3.56. The highest BCUT2D eigenvalue weighted by molar-refractivity contribution is 5.82. The molecule has 3 heterocycles. The molecule has 9 heteroatoms. The first kappa shape index (κ1) is 26.1. The van der Waals surface area contributed by atoms with Crippen LogP contribution in [0, 0.1) is 6.92 Å². The quantitative estimate of drug-likeness (QED) is 0.372. The molecule has 1 saturated heterocycles. The largest absolute Gasteiger partial charge is 0.497 e. The van der Waals surface area contributed by atoms with Crippen molar-refractivity contribution in [1.82, 2.24) is 30.1 Å². The highest BCUT2D eigenvalue weighted by Crippen LogP contribution is 2.32. The van der Waals surface area contributed by atoms with Crippen molar-refractivity contribution in [2.75, 3.05) is 20.3 Å². The van der Waals surface area contributed by atoms with Crippen molar-refractivity contribution < 1.29 is 9.47 Å². The summed E-state index contributed by atoms with van der Waals surface area (Å²) < 4.78 is 13.3. The predicted molar refractivity (Wildman–Crippen MR) is 146 cm³/mol. The fourth-order valence-electron chi connectivity index (χ4n) is 5.22. The number of rotatable bonds is 8. The van der Waals surface area contributed by atoms with Gasteiger partial charge in [-0.25, -0.2) is 4.68 Å². The summed E-state index contributed by atoms with van der Waals surface area (Å²) >= 11 is 0. The van der Waals surface area contributed by atoms with Crippen LogP contribution in [-0.2, 0) is 16.8 Å². The van der Waals surface area contributed by atoms with Crippen LogP contribution in [0.5, 0.6) is 5.75 Å². The normalized spacial score (nSPS) is 16.8. The van der Waals surface area contributed by atoms with Crippen LogP contribution in [0.15, 0.2) is 53.3 Å². The van der Waals surface area contributed by atoms with E-state index < -0.39 is 6.04 Å². The zero-order valence-corrected chi connectivity index (χ0v) is 22.8. The van der Waals surface area contributed by atoms with Crippen LogP contribution >= 0.6 is 0 Å². The third-order valence-electron chi connectivity index (χ3n) is 7.16. The van der Waals surface area contributed by atoms with Crippen LogP contribution in [0.1, 0.15) is 62.2 Å². The molecule has 4 aromatic rings. The lowest BCUT2D eigenvalue weighted by Gasteiger charge is -2.34. The average Bonchev–Trinajstić information content (AvgIpc) is 3.58. The second kappa shape index (κ2) is 10.7. The van der Waals surface area contributed by atoms with Crippen molar-refractivity contribution in [3.8, 4) is 5.75 Å². The fourth-order valence-corrected chi connectivity index (χ4v) is 5.22. The molecule has 0 amide bonds. The van der Waals surface area contributed by atoms with Gasteiger partial charge in [0.15, 0.2) is 5.82 Å². The minimum Gasteiger partial charge on any atom is -0.497 e. The molecule has 9 nitrogen and oxygen atoms in total. The summed E-state index contributed by atoms with van der Waals surface area (Å²) in [7, 11) is 1.66. The maximum atomic E-state index is 13.8. The third-order valence-corrected chi connectivity index (χ3v) is 7.16. The molecule has 1 fully saturated rings. The maximum Gasteiger partial charge on any atom is 0.253 e. The number of hydrogen-bond donors (Lipinski definition) is 1. The Balaban J connectivity index is 1.68. The summed E-state index contributed by atoms with van der Waals surface area (Å²) in [5.74, 6) is 1.43. The van der Waals surface area contributed by atoms with Crippen molar-refractivity contribution in [2.24, 2.45) is 0 Å². The summed E-state index contributed by atoms with van der Waals surface area (Å²) in [6.07, 6.45) is 2.07. The van der Waals surface area contributed by atoms with Crippen LogP contribution < -0.4 is 10.3 Å². The molecule has 0 aliphatic carbocycles. The Labute approximate surface area is 222 Å². The SMILES string of the molecule is COc1ccc(CN(CC2CCCO2)C(c2cc3cccc(C)c3[nH]c2=O)c2nnnn2C(C)(C)C)cc1. The number of aryl methyl sites for hydroxylation is 1. The molecular formula is C29H36N6O3. The molecule has 2 atom stereocenters. The molecule has 0 spiro atoms. The number of tetrazole rings is 1. The van der Waals surface area contributed by atoms with Crippen molar-refractivity contribution in [2.45, 2.75) is 64.8 Å². The second-order valence-electron chi connectivity index (χ2n) is 11.0. The first-order chi connectivity index (χ1) is 18.2. The van der Waals surface area contributed by atoms with Crippen LogP contribution in [0.2, 0.25) is 0 Å². The average molecular weight is 517 g/mol. The number of ether oxygens (including phenoxy) is 2. The molecule has 1 aliphatic heterocycles. The second-order valence-corrected chi connectivity index (χ2v) is 11.0. The number of methoxy groups -OCH3 is 1. The molecule has 200 valence electrons. The van der Waals surface area contributed by atoms with E-state index in [9.17, 15) is 4.79 Å². The van der Waals surface area contributed by atoms with Gasteiger partial charge in [-0.05, 0) is 85.7 Å². The molecule has 5 rings (SSSR count). The number of aromatic amines is 1. The lowest BCUT2D eigenvalue weighted by molar-refractivity contribution is 0.0564. The Morgan fingerprint density at radius 1 is 1.21 bits per heavy atom. The summed E-state index contributed by atoms with van der Waals surface area (Å²) in [6.45, 7) is 10.2. The summed E-state index contributed by atoms with van der Waals surface area (Å²) in [5, 5.41) is 13.9. The predicted octanol–water partition coefficient (Wildman–Crippen LogP) is 4.36. The molecule has 2 aromatic carbocycles. The third kappa shape index (κ3) is 5.35. The van der Waals surface area contributed by atoms with E-state index in [0.717, 1.165) is 47.2 Å². The van der Waals surface area contributed by atoms with Crippen molar-refractivity contribution in [3.05, 3.63) is 81.4 Å². The Kier molecular flexibility index (Phi) is 7.32. The molecule has 2 unspecified atom stereocenters. The molecule has 2 aromatic heterocycles. The summed E-state index contributed by atoms with van der Waals surface area (Å²) in [4.78, 5) is 19.2. The van der Waals surface area contributed by atoms with Crippen LogP contribution in [0.3, 0.4) is 0 Å². The van der Waals surface area contributed by atoms with E-state index in [-0.39, 0.29) is 17.2 Å². The Morgan fingerprint density at radius 3 is 2.68 bits per heavy atom. The number of hydrogen-bond acceptors (Lipinski definition) is 7. The van der Waals surface area contributed by atoms with E-state index in [1.54, 1.807) is 7.11 Å². The van der Waals surface area contributed by atoms with E-state index in [0.29, 0.717) is 24.5 Å². The number of fused-ring (bicyclic) bond motifs is 1. The van der Waals surface area contributed by atoms with Crippen molar-refractivity contribution >= 4 is 10.9 Å². The highest BCUT2D eigenvalue weighted by Gasteiger charge is 2.35. The van der Waals surface area contributed by atoms with Gasteiger partial charge in [0, 0.05) is 25.3 Å². The van der Waals surface area contributed by atoms with E-state index >= 15 is 0 Å². The number of nitrogens with zero attached hydrogens (tertiary/aromatic N) is 5. The first-order valence-electron chi connectivity index (χ1n) is 13.1. The highest BCUT2D eigenvalue weighted by atomic mass is 16.5. The molecule has 1 N–H and O–H groups in total. The van der Waals surface area contributed by atoms with Crippen LogP contribution in [-0.4, -0.2) is 56.5 Å². The maximum absolute atomic E-state index is 13.8. The molecule has 0 saturated carbocycles. The molecule has 0 radical (unpaired) electrons. The number of para-hydroxylation sites is 1. The number of pyridine rings is 1. The number of benzene rings is 2. The monoisotopic (exact) mass is 516 g/mol. The van der Waals surface area contributed by atoms with Gasteiger partial charge in [-0.15, -0.1) is 5.10 Å². The van der Waals surface area contributed by atoms with E-state index in [4.69, 9.17) is 9.47 Å². The fraction of sp³-hybridized carbons (Fsp3) is 0.448. The molecule has 0 bridgehead atoms. The Morgan fingerprint density at radius 2 is 2.00 bits per heavy atom. The zero-order valence-electron chi connectivity index (χ0n) is 22.8. The van der Waals surface area contributed by atoms with Gasteiger partial charge in [0.1, 0.15) is 11.8 Å². The zero-order chi connectivity index (χ0) is 26.9. The number of aromatic nitrogens is 5. The molecule has 1 aliphatic rings. The number of H-pyrrole nitrogens is 1. The van der Waals surface area contributed by atoms with Gasteiger partial charge in [-0.1, -0.05) is 30.3 Å². The topological polar surface area (TPSA) is 98.2 Å². The standard InChI is InChI=1S/C29H36N6O3/c1-19-8-6-9-21-16-24(28(36)30-25(19)21)26(27-31-32-33-35(27)29(2,3)4)34(18-23-10-7-15-38-23)17-20-11-13-22(37-5)14-12-20/h6,8-9,11-14,16,23,26H,7,10,15,17-18H2,1-5H3,(H,30,36). The van der Waals surface area contributed by atoms with Crippen LogP contribution in [0.4, 0.5) is 0 Å². The smallest absolute Gasteiger partial charge is 0.253 e. The van der Waals surface area contributed by atoms with Crippen LogP contribution in [0.25, 0.3) is 10.9 Å². The summed E-state index contributed by atoms with van der Waals surface area (Å²) in [5.41, 5.74) is 3.04. The minimum atomic E-state index is -0.496.